The first-order valence-corrected chi connectivity index (χ1v) is 10.4. The van der Waals surface area contributed by atoms with Gasteiger partial charge in [-0.15, -0.1) is 0 Å². The Balaban J connectivity index is 0.00000289. The second-order valence-corrected chi connectivity index (χ2v) is 8.38. The molecule has 0 aliphatic rings. The molecule has 0 bridgehead atoms. The molecular formula is C21H16F5N3O2S. The first kappa shape index (κ1) is 23.5. The van der Waals surface area contributed by atoms with Gasteiger partial charge in [-0.05, 0) is 35.9 Å². The molecule has 0 fully saturated rings. The number of fused-ring (bicyclic) bond motifs is 1. The van der Waals surface area contributed by atoms with Gasteiger partial charge in [-0.3, -0.25) is 9.19 Å². The van der Waals surface area contributed by atoms with Gasteiger partial charge in [0.05, 0.1) is 21.3 Å². The summed E-state index contributed by atoms with van der Waals surface area (Å²) in [5, 5.41) is 0. The predicted molar refractivity (Wildman–Crippen MR) is 109 cm³/mol. The number of benzene rings is 1. The zero-order valence-corrected chi connectivity index (χ0v) is 17.3. The van der Waals surface area contributed by atoms with Crippen LogP contribution in [0.4, 0.5) is 22.0 Å². The van der Waals surface area contributed by atoms with Crippen LogP contribution in [0.3, 0.4) is 0 Å². The highest BCUT2D eigenvalue weighted by molar-refractivity contribution is 7.85. The number of halogens is 5. The van der Waals surface area contributed by atoms with E-state index in [1.165, 1.54) is 29.1 Å². The molecule has 0 saturated heterocycles. The summed E-state index contributed by atoms with van der Waals surface area (Å²) in [7, 11) is -1.52. The Bertz CT molecular complexity index is 1300. The smallest absolute Gasteiger partial charge is 0.412 e. The largest absolute Gasteiger partial charge is 0.416 e. The van der Waals surface area contributed by atoms with Crippen LogP contribution < -0.4 is 0 Å². The van der Waals surface area contributed by atoms with Crippen molar-refractivity contribution in [2.75, 3.05) is 5.75 Å². The lowest BCUT2D eigenvalue weighted by molar-refractivity contribution is -0.137. The molecule has 3 aromatic heterocycles. The van der Waals surface area contributed by atoms with Gasteiger partial charge in [0.25, 0.3) is 0 Å². The summed E-state index contributed by atoms with van der Waals surface area (Å²) in [4.78, 5) is 8.76. The first-order chi connectivity index (χ1) is 14.7. The van der Waals surface area contributed by atoms with Crippen molar-refractivity contribution >= 4 is 16.4 Å². The SMILES string of the molecule is CCS(=O)c1cc(-c2cc(F)cc(F)c2)cnc1-c1cn2ccc(C(F)(F)F)cc2n1.O. The monoisotopic (exact) mass is 469 g/mol. The fourth-order valence-corrected chi connectivity index (χ4v) is 4.06. The standard InChI is InChI=1S/C21H14F5N3OS.H2O/c1-2-31(30)18-7-13(12-5-15(22)9-16(23)6-12)10-27-20(18)17-11-29-4-3-14(21(24,25)26)8-19(29)28-17;/h3-11H,2H2,1H3;1H2. The van der Waals surface area contributed by atoms with E-state index < -0.39 is 34.2 Å². The summed E-state index contributed by atoms with van der Waals surface area (Å²) in [5.41, 5.74) is 0.228. The molecule has 1 aromatic carbocycles. The first-order valence-electron chi connectivity index (χ1n) is 9.07. The number of alkyl halides is 3. The third-order valence-electron chi connectivity index (χ3n) is 4.59. The van der Waals surface area contributed by atoms with Crippen LogP contribution in [-0.2, 0) is 17.0 Å². The number of imidazole rings is 1. The lowest BCUT2D eigenvalue weighted by atomic mass is 10.1. The van der Waals surface area contributed by atoms with Crippen molar-refractivity contribution < 1.29 is 31.6 Å². The number of pyridine rings is 2. The highest BCUT2D eigenvalue weighted by Gasteiger charge is 2.31. The Labute approximate surface area is 181 Å². The highest BCUT2D eigenvalue weighted by Crippen LogP contribution is 2.32. The fraction of sp³-hybridized carbons (Fsp3) is 0.143. The number of rotatable bonds is 4. The summed E-state index contributed by atoms with van der Waals surface area (Å²) in [6.07, 6.45) is -0.446. The Morgan fingerprint density at radius 3 is 2.34 bits per heavy atom. The molecule has 11 heteroatoms. The topological polar surface area (TPSA) is 78.8 Å². The average Bonchev–Trinajstić information content (AvgIpc) is 3.14. The van der Waals surface area contributed by atoms with E-state index in [0.29, 0.717) is 5.56 Å². The molecule has 4 aromatic rings. The quantitative estimate of drug-likeness (QED) is 0.408. The van der Waals surface area contributed by atoms with Gasteiger partial charge in [0.1, 0.15) is 28.7 Å². The van der Waals surface area contributed by atoms with Crippen molar-refractivity contribution in [3.05, 3.63) is 72.2 Å². The predicted octanol–water partition coefficient (Wildman–Crippen LogP) is 4.66. The lowest BCUT2D eigenvalue weighted by Crippen LogP contribution is -2.05. The second kappa shape index (κ2) is 8.75. The maximum Gasteiger partial charge on any atom is 0.416 e. The van der Waals surface area contributed by atoms with Gasteiger partial charge >= 0.3 is 6.18 Å². The molecule has 1 atom stereocenters. The third kappa shape index (κ3) is 4.53. The fourth-order valence-electron chi connectivity index (χ4n) is 3.12. The van der Waals surface area contributed by atoms with Gasteiger partial charge in [0.15, 0.2) is 0 Å². The summed E-state index contributed by atoms with van der Waals surface area (Å²) in [5.74, 6) is -1.29. The number of nitrogens with zero attached hydrogens (tertiary/aromatic N) is 3. The Kier molecular flexibility index (Phi) is 6.42. The van der Waals surface area contributed by atoms with Gasteiger partial charge in [-0.1, -0.05) is 6.92 Å². The molecule has 0 aliphatic heterocycles. The third-order valence-corrected chi connectivity index (χ3v) is 5.91. The van der Waals surface area contributed by atoms with Crippen molar-refractivity contribution in [1.29, 1.82) is 0 Å². The van der Waals surface area contributed by atoms with E-state index in [4.69, 9.17) is 0 Å². The van der Waals surface area contributed by atoms with E-state index in [2.05, 4.69) is 9.97 Å². The van der Waals surface area contributed by atoms with Crippen LogP contribution in [0.2, 0.25) is 0 Å². The van der Waals surface area contributed by atoms with Crippen LogP contribution >= 0.6 is 0 Å². The van der Waals surface area contributed by atoms with Crippen molar-refractivity contribution in [3.63, 3.8) is 0 Å². The molecule has 5 nitrogen and oxygen atoms in total. The minimum atomic E-state index is -4.51. The van der Waals surface area contributed by atoms with Crippen LogP contribution in [0.1, 0.15) is 12.5 Å². The van der Waals surface area contributed by atoms with E-state index in [1.54, 1.807) is 6.92 Å². The summed E-state index contributed by atoms with van der Waals surface area (Å²) in [6.45, 7) is 1.69. The maximum absolute atomic E-state index is 13.6. The van der Waals surface area contributed by atoms with E-state index in [0.717, 1.165) is 30.3 Å². The minimum absolute atomic E-state index is 0. The molecule has 0 saturated carbocycles. The number of hydrogen-bond acceptors (Lipinski definition) is 3. The van der Waals surface area contributed by atoms with Crippen LogP contribution in [0.25, 0.3) is 28.2 Å². The zero-order valence-electron chi connectivity index (χ0n) is 16.5. The molecule has 1 unspecified atom stereocenters. The van der Waals surface area contributed by atoms with E-state index in [9.17, 15) is 26.2 Å². The molecular weight excluding hydrogens is 453 g/mol. The van der Waals surface area contributed by atoms with Gasteiger partial charge in [-0.25, -0.2) is 13.8 Å². The van der Waals surface area contributed by atoms with Gasteiger partial charge < -0.3 is 9.88 Å². The summed E-state index contributed by atoms with van der Waals surface area (Å²) < 4.78 is 80.2. The molecule has 0 radical (unpaired) electrons. The lowest BCUT2D eigenvalue weighted by Gasteiger charge is -2.09. The molecule has 32 heavy (non-hydrogen) atoms. The van der Waals surface area contributed by atoms with Gasteiger partial charge in [0.2, 0.25) is 0 Å². The molecule has 0 spiro atoms. The van der Waals surface area contributed by atoms with Crippen LogP contribution in [0.15, 0.2) is 59.9 Å². The minimum Gasteiger partial charge on any atom is -0.412 e. The molecule has 168 valence electrons. The number of hydrogen-bond donors (Lipinski definition) is 0. The highest BCUT2D eigenvalue weighted by atomic mass is 32.2. The Morgan fingerprint density at radius 2 is 1.72 bits per heavy atom. The average molecular weight is 469 g/mol. The number of aromatic nitrogens is 3. The van der Waals surface area contributed by atoms with E-state index in [-0.39, 0.29) is 38.7 Å². The van der Waals surface area contributed by atoms with Crippen molar-refractivity contribution in [3.8, 4) is 22.5 Å². The summed E-state index contributed by atoms with van der Waals surface area (Å²) >= 11 is 0. The second-order valence-electron chi connectivity index (χ2n) is 6.67. The normalized spacial score (nSPS) is 12.6. The van der Waals surface area contributed by atoms with Crippen molar-refractivity contribution in [2.24, 2.45) is 0 Å². The van der Waals surface area contributed by atoms with Crippen LogP contribution in [0.5, 0.6) is 0 Å². The summed E-state index contributed by atoms with van der Waals surface area (Å²) in [6, 6.07) is 6.33. The van der Waals surface area contributed by atoms with Crippen LogP contribution in [0, 0.1) is 11.6 Å². The van der Waals surface area contributed by atoms with Gasteiger partial charge in [0, 0.05) is 36.0 Å². The maximum atomic E-state index is 13.6. The molecule has 4 rings (SSSR count). The molecule has 0 aliphatic carbocycles. The van der Waals surface area contributed by atoms with E-state index >= 15 is 0 Å². The Morgan fingerprint density at radius 1 is 1.03 bits per heavy atom. The Hall–Kier alpha value is -3.18. The molecule has 3 heterocycles. The molecule has 2 N–H and O–H groups in total. The van der Waals surface area contributed by atoms with E-state index in [1.807, 2.05) is 0 Å². The van der Waals surface area contributed by atoms with Crippen LogP contribution in [-0.4, -0.2) is 29.8 Å². The van der Waals surface area contributed by atoms with Gasteiger partial charge in [-0.2, -0.15) is 13.2 Å². The molecule has 0 amide bonds. The van der Waals surface area contributed by atoms with Crippen molar-refractivity contribution in [1.82, 2.24) is 14.4 Å². The zero-order chi connectivity index (χ0) is 22.3. The van der Waals surface area contributed by atoms with Crippen molar-refractivity contribution in [2.45, 2.75) is 18.0 Å².